The minimum absolute atomic E-state index is 0.103. The molecule has 11 heavy (non-hydrogen) atoms. The molecule has 1 rings (SSSR count). The van der Waals surface area contributed by atoms with E-state index in [9.17, 15) is 9.90 Å². The van der Waals surface area contributed by atoms with Crippen LogP contribution in [0.4, 0.5) is 0 Å². The molecule has 0 saturated carbocycles. The van der Waals surface area contributed by atoms with Crippen LogP contribution in [0.2, 0.25) is 0 Å². The molecular weight excluding hydrogens is 259 g/mol. The smallest absolute Gasteiger partial charge is 0.337 e. The Bertz CT molecular complexity index is 210. The van der Waals surface area contributed by atoms with Gasteiger partial charge in [-0.25, -0.2) is 4.79 Å². The van der Waals surface area contributed by atoms with Crippen LogP contribution in [-0.4, -0.2) is 21.6 Å². The highest BCUT2D eigenvalue weighted by Crippen LogP contribution is 2.22. The van der Waals surface area contributed by atoms with Gasteiger partial charge in [0.25, 0.3) is 0 Å². The lowest BCUT2D eigenvalue weighted by Crippen LogP contribution is -2.11. The SMILES string of the molecule is CC1=C(O)C(CCI)OC1=O. The van der Waals surface area contributed by atoms with E-state index in [0.717, 1.165) is 4.43 Å². The minimum atomic E-state index is -0.391. The van der Waals surface area contributed by atoms with Crippen molar-refractivity contribution in [3.05, 3.63) is 11.3 Å². The Morgan fingerprint density at radius 3 is 2.73 bits per heavy atom. The molecule has 4 heteroatoms. The number of ether oxygens (including phenoxy) is 1. The molecule has 0 amide bonds. The number of alkyl halides is 1. The molecule has 0 aromatic heterocycles. The lowest BCUT2D eigenvalue weighted by Gasteiger charge is -2.06. The Labute approximate surface area is 78.6 Å². The molecule has 0 aromatic rings. The molecule has 1 unspecified atom stereocenters. The molecule has 0 aliphatic carbocycles. The fourth-order valence-corrected chi connectivity index (χ4v) is 1.48. The van der Waals surface area contributed by atoms with Crippen LogP contribution in [0.5, 0.6) is 0 Å². The van der Waals surface area contributed by atoms with Crippen molar-refractivity contribution in [1.29, 1.82) is 0 Å². The second-order valence-corrected chi connectivity index (χ2v) is 3.46. The van der Waals surface area contributed by atoms with E-state index in [2.05, 4.69) is 22.6 Å². The number of aliphatic hydroxyl groups is 1. The van der Waals surface area contributed by atoms with Gasteiger partial charge >= 0.3 is 5.97 Å². The van der Waals surface area contributed by atoms with Crippen LogP contribution in [0.3, 0.4) is 0 Å². The standard InChI is InChI=1S/C7H9IO3/c1-4-6(9)5(2-3-8)11-7(4)10/h5,9H,2-3H2,1H3. The summed E-state index contributed by atoms with van der Waals surface area (Å²) in [6.07, 6.45) is 0.301. The molecule has 1 aliphatic heterocycles. The summed E-state index contributed by atoms with van der Waals surface area (Å²) in [6, 6.07) is 0. The van der Waals surface area contributed by atoms with Gasteiger partial charge in [0.1, 0.15) is 5.76 Å². The maximum atomic E-state index is 10.8. The first-order chi connectivity index (χ1) is 5.16. The van der Waals surface area contributed by atoms with Gasteiger partial charge in [0, 0.05) is 10.8 Å². The van der Waals surface area contributed by atoms with Crippen LogP contribution in [0.15, 0.2) is 11.3 Å². The molecule has 0 fully saturated rings. The highest BCUT2D eigenvalue weighted by molar-refractivity contribution is 14.1. The molecule has 1 aliphatic rings. The lowest BCUT2D eigenvalue weighted by molar-refractivity contribution is -0.140. The Hall–Kier alpha value is -0.260. The van der Waals surface area contributed by atoms with E-state index in [1.165, 1.54) is 0 Å². The molecule has 3 nitrogen and oxygen atoms in total. The summed E-state index contributed by atoms with van der Waals surface area (Å²) in [5.41, 5.74) is 0.347. The monoisotopic (exact) mass is 268 g/mol. The third-order valence-corrected chi connectivity index (χ3v) is 2.24. The average molecular weight is 268 g/mol. The molecule has 0 bridgehead atoms. The van der Waals surface area contributed by atoms with Crippen LogP contribution in [0.25, 0.3) is 0 Å². The van der Waals surface area contributed by atoms with Gasteiger partial charge in [0.05, 0.1) is 5.57 Å². The average Bonchev–Trinajstić information content (AvgIpc) is 2.19. The van der Waals surface area contributed by atoms with Gasteiger partial charge < -0.3 is 9.84 Å². The first kappa shape index (κ1) is 8.83. The van der Waals surface area contributed by atoms with E-state index in [-0.39, 0.29) is 11.9 Å². The van der Waals surface area contributed by atoms with Crippen LogP contribution in [0.1, 0.15) is 13.3 Å². The fourth-order valence-electron chi connectivity index (χ4n) is 0.914. The van der Waals surface area contributed by atoms with E-state index >= 15 is 0 Å². The van der Waals surface area contributed by atoms with Gasteiger partial charge in [0.15, 0.2) is 6.10 Å². The number of hydrogen-bond acceptors (Lipinski definition) is 3. The number of aliphatic hydroxyl groups excluding tert-OH is 1. The van der Waals surface area contributed by atoms with Gasteiger partial charge in [-0.05, 0) is 6.92 Å². The van der Waals surface area contributed by atoms with Crippen molar-refractivity contribution >= 4 is 28.6 Å². The zero-order valence-corrected chi connectivity index (χ0v) is 8.29. The van der Waals surface area contributed by atoms with Crippen molar-refractivity contribution < 1.29 is 14.6 Å². The van der Waals surface area contributed by atoms with Crippen molar-refractivity contribution in [2.45, 2.75) is 19.4 Å². The van der Waals surface area contributed by atoms with Crippen molar-refractivity contribution in [2.24, 2.45) is 0 Å². The highest BCUT2D eigenvalue weighted by atomic mass is 127. The van der Waals surface area contributed by atoms with Gasteiger partial charge in [-0.15, -0.1) is 0 Å². The van der Waals surface area contributed by atoms with Crippen molar-refractivity contribution in [2.75, 3.05) is 4.43 Å². The van der Waals surface area contributed by atoms with E-state index in [1.807, 2.05) is 0 Å². The Morgan fingerprint density at radius 1 is 1.73 bits per heavy atom. The lowest BCUT2D eigenvalue weighted by atomic mass is 10.2. The van der Waals surface area contributed by atoms with Crippen LogP contribution < -0.4 is 0 Å². The summed E-state index contributed by atoms with van der Waals surface area (Å²) in [4.78, 5) is 10.8. The Kier molecular flexibility index (Phi) is 2.75. The number of carbonyl (C=O) groups is 1. The fraction of sp³-hybridized carbons (Fsp3) is 0.571. The third kappa shape index (κ3) is 1.66. The normalized spacial score (nSPS) is 24.2. The molecule has 0 spiro atoms. The third-order valence-electron chi connectivity index (χ3n) is 1.62. The largest absolute Gasteiger partial charge is 0.508 e. The predicted octanol–water partition coefficient (Wildman–Crippen LogP) is 1.57. The van der Waals surface area contributed by atoms with E-state index in [1.54, 1.807) is 6.92 Å². The Balaban J connectivity index is 2.69. The number of hydrogen-bond donors (Lipinski definition) is 1. The zero-order chi connectivity index (χ0) is 8.43. The second kappa shape index (κ2) is 3.42. The molecule has 1 atom stereocenters. The van der Waals surface area contributed by atoms with Gasteiger partial charge in [0.2, 0.25) is 0 Å². The molecular formula is C7H9IO3. The quantitative estimate of drug-likeness (QED) is 0.469. The topological polar surface area (TPSA) is 46.5 Å². The number of cyclic esters (lactones) is 1. The second-order valence-electron chi connectivity index (χ2n) is 2.38. The van der Waals surface area contributed by atoms with Crippen LogP contribution in [0, 0.1) is 0 Å². The van der Waals surface area contributed by atoms with Crippen molar-refractivity contribution in [3.8, 4) is 0 Å². The molecule has 0 aromatic carbocycles. The minimum Gasteiger partial charge on any atom is -0.508 e. The predicted molar refractivity (Wildman–Crippen MR) is 48.7 cm³/mol. The molecule has 1 heterocycles. The number of halogens is 1. The highest BCUT2D eigenvalue weighted by Gasteiger charge is 2.30. The summed E-state index contributed by atoms with van der Waals surface area (Å²) < 4.78 is 5.73. The van der Waals surface area contributed by atoms with E-state index in [4.69, 9.17) is 4.74 Å². The van der Waals surface area contributed by atoms with Crippen LogP contribution in [-0.2, 0) is 9.53 Å². The molecule has 0 saturated heterocycles. The molecule has 1 N–H and O–H groups in total. The first-order valence-electron chi connectivity index (χ1n) is 3.33. The zero-order valence-electron chi connectivity index (χ0n) is 6.13. The first-order valence-corrected chi connectivity index (χ1v) is 4.86. The maximum Gasteiger partial charge on any atom is 0.337 e. The maximum absolute atomic E-state index is 10.8. The number of carbonyl (C=O) groups excluding carboxylic acids is 1. The number of esters is 1. The van der Waals surface area contributed by atoms with Gasteiger partial charge in [-0.3, -0.25) is 0 Å². The van der Waals surface area contributed by atoms with Crippen molar-refractivity contribution in [3.63, 3.8) is 0 Å². The molecule has 62 valence electrons. The molecule has 0 radical (unpaired) electrons. The summed E-state index contributed by atoms with van der Waals surface area (Å²) in [5, 5.41) is 9.29. The van der Waals surface area contributed by atoms with Crippen LogP contribution >= 0.6 is 22.6 Å². The summed E-state index contributed by atoms with van der Waals surface area (Å²) in [6.45, 7) is 1.57. The van der Waals surface area contributed by atoms with Gasteiger partial charge in [-0.1, -0.05) is 22.6 Å². The summed E-state index contributed by atoms with van der Waals surface area (Å²) in [7, 11) is 0. The van der Waals surface area contributed by atoms with E-state index in [0.29, 0.717) is 12.0 Å². The van der Waals surface area contributed by atoms with Gasteiger partial charge in [-0.2, -0.15) is 0 Å². The number of rotatable bonds is 2. The van der Waals surface area contributed by atoms with Crippen molar-refractivity contribution in [1.82, 2.24) is 0 Å². The van der Waals surface area contributed by atoms with E-state index < -0.39 is 5.97 Å². The Morgan fingerprint density at radius 2 is 2.36 bits per heavy atom. The summed E-state index contributed by atoms with van der Waals surface area (Å²) >= 11 is 2.18. The summed E-state index contributed by atoms with van der Waals surface area (Å²) in [5.74, 6) is -0.288.